The van der Waals surface area contributed by atoms with Crippen LogP contribution in [0.5, 0.6) is 5.75 Å². The molecule has 2 unspecified atom stereocenters. The molecule has 0 aromatic heterocycles. The van der Waals surface area contributed by atoms with Crippen LogP contribution in [0.3, 0.4) is 0 Å². The largest absolute Gasteiger partial charge is 0.497 e. The van der Waals surface area contributed by atoms with Gasteiger partial charge in [0.05, 0.1) is 7.11 Å². The molecule has 4 heteroatoms. The molecule has 1 saturated carbocycles. The highest BCUT2D eigenvalue weighted by molar-refractivity contribution is 5.86. The molecule has 1 aliphatic carbocycles. The Morgan fingerprint density at radius 3 is 2.36 bits per heavy atom. The van der Waals surface area contributed by atoms with Gasteiger partial charge in [-0.1, -0.05) is 42.5 Å². The summed E-state index contributed by atoms with van der Waals surface area (Å²) in [5.41, 5.74) is 0.769. The number of hydrogen-bond acceptors (Lipinski definition) is 4. The van der Waals surface area contributed by atoms with E-state index < -0.39 is 5.60 Å². The lowest BCUT2D eigenvalue weighted by atomic mass is 9.91. The quantitative estimate of drug-likeness (QED) is 0.607. The molecule has 2 aliphatic rings. The van der Waals surface area contributed by atoms with Crippen LogP contribution in [0.4, 0.5) is 0 Å². The maximum atomic E-state index is 13.0. The molecule has 1 heterocycles. The average Bonchev–Trinajstić information content (AvgIpc) is 3.23. The van der Waals surface area contributed by atoms with Gasteiger partial charge < -0.3 is 14.2 Å². The molecular formula is C21H22O4. The fourth-order valence-corrected chi connectivity index (χ4v) is 3.66. The second kappa shape index (κ2) is 6.52. The molecule has 4 rings (SSSR count). The lowest BCUT2D eigenvalue weighted by molar-refractivity contribution is -0.155. The number of rotatable bonds is 5. The Morgan fingerprint density at radius 2 is 1.72 bits per heavy atom. The Hall–Kier alpha value is -2.33. The number of hydrogen-bond donors (Lipinski definition) is 0. The van der Waals surface area contributed by atoms with Crippen molar-refractivity contribution in [2.24, 2.45) is 0 Å². The van der Waals surface area contributed by atoms with Gasteiger partial charge in [0.25, 0.3) is 0 Å². The van der Waals surface area contributed by atoms with Crippen LogP contribution in [0.15, 0.2) is 54.6 Å². The van der Waals surface area contributed by atoms with Gasteiger partial charge in [-0.3, -0.25) is 0 Å². The van der Waals surface area contributed by atoms with Crippen molar-refractivity contribution in [3.05, 3.63) is 65.7 Å². The van der Waals surface area contributed by atoms with Crippen LogP contribution in [0.25, 0.3) is 0 Å². The van der Waals surface area contributed by atoms with E-state index in [4.69, 9.17) is 14.2 Å². The van der Waals surface area contributed by atoms with Crippen LogP contribution in [0.2, 0.25) is 0 Å². The van der Waals surface area contributed by atoms with Gasteiger partial charge in [0.15, 0.2) is 0 Å². The van der Waals surface area contributed by atoms with Crippen LogP contribution >= 0.6 is 0 Å². The number of epoxide rings is 1. The Bertz CT molecular complexity index is 734. The number of carbonyl (C=O) groups excluding carboxylic acids is 1. The van der Waals surface area contributed by atoms with Crippen molar-refractivity contribution in [3.8, 4) is 5.75 Å². The fourth-order valence-electron chi connectivity index (χ4n) is 3.66. The summed E-state index contributed by atoms with van der Waals surface area (Å²) in [4.78, 5) is 13.0. The molecule has 25 heavy (non-hydrogen) atoms. The third kappa shape index (κ3) is 2.91. The van der Waals surface area contributed by atoms with E-state index in [0.717, 1.165) is 42.6 Å². The van der Waals surface area contributed by atoms with Gasteiger partial charge in [-0.25, -0.2) is 4.79 Å². The third-order valence-electron chi connectivity index (χ3n) is 5.12. The van der Waals surface area contributed by atoms with E-state index >= 15 is 0 Å². The maximum absolute atomic E-state index is 13.0. The molecule has 2 aromatic carbocycles. The normalized spacial score (nSPS) is 25.6. The molecule has 0 spiro atoms. The minimum Gasteiger partial charge on any atom is -0.497 e. The summed E-state index contributed by atoms with van der Waals surface area (Å²) < 4.78 is 17.0. The van der Waals surface area contributed by atoms with Crippen molar-refractivity contribution in [2.75, 3.05) is 7.11 Å². The van der Waals surface area contributed by atoms with Crippen molar-refractivity contribution < 1.29 is 19.0 Å². The SMILES string of the molecule is COc1ccc(C2OC2(C(=O)OC2CCCC2)c2ccccc2)cc1. The van der Waals surface area contributed by atoms with Crippen molar-refractivity contribution in [1.29, 1.82) is 0 Å². The minimum atomic E-state index is -1.03. The topological polar surface area (TPSA) is 48.1 Å². The molecule has 1 aliphatic heterocycles. The molecule has 2 aromatic rings. The van der Waals surface area contributed by atoms with Crippen LogP contribution in [0.1, 0.15) is 42.9 Å². The third-order valence-corrected chi connectivity index (χ3v) is 5.12. The van der Waals surface area contributed by atoms with Crippen LogP contribution in [0, 0.1) is 0 Å². The molecule has 0 radical (unpaired) electrons. The first-order chi connectivity index (χ1) is 12.2. The summed E-state index contributed by atoms with van der Waals surface area (Å²) in [5, 5.41) is 0. The zero-order valence-corrected chi connectivity index (χ0v) is 14.3. The van der Waals surface area contributed by atoms with Gasteiger partial charge in [0.1, 0.15) is 18.0 Å². The van der Waals surface area contributed by atoms with Crippen molar-refractivity contribution in [1.82, 2.24) is 0 Å². The molecular weight excluding hydrogens is 316 g/mol. The molecule has 1 saturated heterocycles. The monoisotopic (exact) mass is 338 g/mol. The second-order valence-electron chi connectivity index (χ2n) is 6.68. The zero-order chi connectivity index (χ0) is 17.3. The predicted molar refractivity (Wildman–Crippen MR) is 93.3 cm³/mol. The minimum absolute atomic E-state index is 0.0220. The number of methoxy groups -OCH3 is 1. The number of benzene rings is 2. The van der Waals surface area contributed by atoms with Gasteiger partial charge in [0.2, 0.25) is 5.60 Å². The Morgan fingerprint density at radius 1 is 1.04 bits per heavy atom. The molecule has 4 nitrogen and oxygen atoms in total. The number of esters is 1. The van der Waals surface area contributed by atoms with E-state index in [-0.39, 0.29) is 18.2 Å². The Balaban J connectivity index is 1.62. The summed E-state index contributed by atoms with van der Waals surface area (Å²) in [5.74, 6) is 0.509. The lowest BCUT2D eigenvalue weighted by Gasteiger charge is -2.17. The smallest absolute Gasteiger partial charge is 0.346 e. The number of carbonyl (C=O) groups is 1. The Labute approximate surface area is 147 Å². The Kier molecular flexibility index (Phi) is 4.22. The van der Waals surface area contributed by atoms with Gasteiger partial charge in [-0.05, 0) is 48.9 Å². The van der Waals surface area contributed by atoms with E-state index in [0.29, 0.717) is 0 Å². The lowest BCUT2D eigenvalue weighted by Crippen LogP contribution is -2.29. The maximum Gasteiger partial charge on any atom is 0.346 e. The van der Waals surface area contributed by atoms with Crippen molar-refractivity contribution in [3.63, 3.8) is 0 Å². The van der Waals surface area contributed by atoms with E-state index in [1.165, 1.54) is 0 Å². The summed E-state index contributed by atoms with van der Waals surface area (Å²) in [6.45, 7) is 0. The molecule has 2 fully saturated rings. The summed E-state index contributed by atoms with van der Waals surface area (Å²) in [6.07, 6.45) is 3.84. The zero-order valence-electron chi connectivity index (χ0n) is 14.3. The van der Waals surface area contributed by atoms with Gasteiger partial charge >= 0.3 is 5.97 Å². The molecule has 0 bridgehead atoms. The van der Waals surface area contributed by atoms with Gasteiger partial charge in [-0.2, -0.15) is 0 Å². The standard InChI is InChI=1S/C21H22O4/c1-23-17-13-11-15(12-14-17)19-21(25-19,16-7-3-2-4-8-16)20(22)24-18-9-5-6-10-18/h2-4,7-8,11-14,18-19H,5-6,9-10H2,1H3. The predicted octanol–water partition coefficient (Wildman–Crippen LogP) is 4.15. The first-order valence-corrected chi connectivity index (χ1v) is 8.82. The highest BCUT2D eigenvalue weighted by Gasteiger charge is 2.66. The van der Waals surface area contributed by atoms with Gasteiger partial charge in [0, 0.05) is 0 Å². The first-order valence-electron chi connectivity index (χ1n) is 8.82. The summed E-state index contributed by atoms with van der Waals surface area (Å²) >= 11 is 0. The highest BCUT2D eigenvalue weighted by Crippen LogP contribution is 2.58. The molecule has 2 atom stereocenters. The summed E-state index contributed by atoms with van der Waals surface area (Å²) in [7, 11) is 1.63. The highest BCUT2D eigenvalue weighted by atomic mass is 16.7. The molecule has 0 amide bonds. The number of ether oxygens (including phenoxy) is 3. The van der Waals surface area contributed by atoms with Crippen LogP contribution in [-0.4, -0.2) is 19.2 Å². The molecule has 0 N–H and O–H groups in total. The van der Waals surface area contributed by atoms with E-state index in [1.54, 1.807) is 7.11 Å². The fraction of sp³-hybridized carbons (Fsp3) is 0.381. The average molecular weight is 338 g/mol. The van der Waals surface area contributed by atoms with Crippen LogP contribution in [-0.2, 0) is 19.9 Å². The van der Waals surface area contributed by atoms with E-state index in [2.05, 4.69) is 0 Å². The van der Waals surface area contributed by atoms with Crippen LogP contribution < -0.4 is 4.74 Å². The van der Waals surface area contributed by atoms with Crippen molar-refractivity contribution >= 4 is 5.97 Å². The second-order valence-corrected chi connectivity index (χ2v) is 6.68. The summed E-state index contributed by atoms with van der Waals surface area (Å²) in [6, 6.07) is 17.3. The van der Waals surface area contributed by atoms with Crippen molar-refractivity contribution in [2.45, 2.75) is 43.5 Å². The van der Waals surface area contributed by atoms with E-state index in [9.17, 15) is 4.79 Å². The first kappa shape index (κ1) is 16.2. The van der Waals surface area contributed by atoms with E-state index in [1.807, 2.05) is 54.6 Å². The van der Waals surface area contributed by atoms with Gasteiger partial charge in [-0.15, -0.1) is 0 Å². The molecule has 130 valence electrons.